The minimum atomic E-state index is -0.722. The molecule has 1 aromatic heterocycles. The summed E-state index contributed by atoms with van der Waals surface area (Å²) in [6, 6.07) is 6.11. The van der Waals surface area contributed by atoms with Crippen molar-refractivity contribution in [1.29, 1.82) is 0 Å². The van der Waals surface area contributed by atoms with Crippen molar-refractivity contribution in [2.45, 2.75) is 6.92 Å². The molecular weight excluding hydrogens is 388 g/mol. The Morgan fingerprint density at radius 3 is 2.57 bits per heavy atom. The van der Waals surface area contributed by atoms with Crippen molar-refractivity contribution < 1.29 is 9.18 Å². The fourth-order valence-electron chi connectivity index (χ4n) is 1.92. The van der Waals surface area contributed by atoms with E-state index in [2.05, 4.69) is 5.32 Å². The summed E-state index contributed by atoms with van der Waals surface area (Å²) in [4.78, 5) is 23.4. The molecule has 1 aromatic carbocycles. The number of anilines is 2. The van der Waals surface area contributed by atoms with Crippen LogP contribution in [0.3, 0.4) is 0 Å². The van der Waals surface area contributed by atoms with Gasteiger partial charge in [-0.2, -0.15) is 0 Å². The van der Waals surface area contributed by atoms with Gasteiger partial charge in [0.15, 0.2) is 0 Å². The van der Waals surface area contributed by atoms with Gasteiger partial charge >= 0.3 is 0 Å². The average molecular weight is 401 g/mol. The fourth-order valence-corrected chi connectivity index (χ4v) is 2.37. The van der Waals surface area contributed by atoms with Crippen molar-refractivity contribution >= 4 is 39.9 Å². The van der Waals surface area contributed by atoms with Crippen LogP contribution in [-0.4, -0.2) is 10.5 Å². The number of carbonyl (C=O) groups is 1. The van der Waals surface area contributed by atoms with E-state index in [0.717, 1.165) is 3.57 Å². The van der Waals surface area contributed by atoms with Gasteiger partial charge in [0.25, 0.3) is 11.5 Å². The molecule has 0 radical (unpaired) electrons. The average Bonchev–Trinajstić information content (AvgIpc) is 2.41. The number of nitrogens with two attached hydrogens (primary N) is 1. The maximum atomic E-state index is 13.9. The number of aromatic nitrogens is 1. The number of benzene rings is 1. The maximum Gasteiger partial charge on any atom is 0.265 e. The number of halogens is 2. The zero-order valence-corrected chi connectivity index (χ0v) is 13.6. The zero-order chi connectivity index (χ0) is 15.7. The lowest BCUT2D eigenvalue weighted by molar-refractivity contribution is 0.0991. The van der Waals surface area contributed by atoms with E-state index in [1.807, 2.05) is 22.6 Å². The minimum Gasteiger partial charge on any atom is -0.364 e. The van der Waals surface area contributed by atoms with Gasteiger partial charge < -0.3 is 15.6 Å². The molecule has 7 heteroatoms. The second-order valence-electron chi connectivity index (χ2n) is 4.55. The van der Waals surface area contributed by atoms with E-state index in [9.17, 15) is 14.0 Å². The van der Waals surface area contributed by atoms with Crippen LogP contribution in [-0.2, 0) is 7.05 Å². The Morgan fingerprint density at radius 1 is 1.33 bits per heavy atom. The number of carbonyl (C=O) groups excluding carboxylic acids is 1. The van der Waals surface area contributed by atoms with E-state index in [4.69, 9.17) is 5.73 Å². The number of nitrogens with one attached hydrogen (secondary N) is 1. The van der Waals surface area contributed by atoms with Gasteiger partial charge in [-0.25, -0.2) is 4.39 Å². The lowest BCUT2D eigenvalue weighted by atomic mass is 10.2. The Labute approximate surface area is 134 Å². The molecule has 5 nitrogen and oxygen atoms in total. The minimum absolute atomic E-state index is 0.0546. The highest BCUT2D eigenvalue weighted by atomic mass is 127. The molecule has 0 unspecified atom stereocenters. The molecular formula is C14H13FIN3O2. The molecule has 0 aliphatic heterocycles. The van der Waals surface area contributed by atoms with Crippen molar-refractivity contribution in [3.8, 4) is 0 Å². The molecule has 0 saturated heterocycles. The van der Waals surface area contributed by atoms with Crippen LogP contribution < -0.4 is 16.6 Å². The van der Waals surface area contributed by atoms with Gasteiger partial charge in [0.05, 0.1) is 5.69 Å². The zero-order valence-electron chi connectivity index (χ0n) is 11.4. The number of hydrogen-bond donors (Lipinski definition) is 2. The molecule has 2 aromatic rings. The Balaban J connectivity index is 2.54. The van der Waals surface area contributed by atoms with Gasteiger partial charge in [-0.3, -0.25) is 9.59 Å². The summed E-state index contributed by atoms with van der Waals surface area (Å²) >= 11 is 2.00. The largest absolute Gasteiger partial charge is 0.364 e. The fraction of sp³-hybridized carbons (Fsp3) is 0.143. The maximum absolute atomic E-state index is 13.9. The van der Waals surface area contributed by atoms with Crippen molar-refractivity contribution in [3.63, 3.8) is 0 Å². The Bertz CT molecular complexity index is 787. The number of nitrogens with zero attached hydrogens (tertiary/aromatic N) is 1. The van der Waals surface area contributed by atoms with Crippen LogP contribution in [0, 0.1) is 16.3 Å². The molecule has 110 valence electrons. The summed E-state index contributed by atoms with van der Waals surface area (Å²) in [5, 5.41) is 2.83. The van der Waals surface area contributed by atoms with Gasteiger partial charge in [0, 0.05) is 21.9 Å². The molecule has 0 aliphatic rings. The van der Waals surface area contributed by atoms with Gasteiger partial charge in [0.1, 0.15) is 11.5 Å². The van der Waals surface area contributed by atoms with E-state index < -0.39 is 11.7 Å². The van der Waals surface area contributed by atoms with Crippen molar-refractivity contribution in [3.05, 3.63) is 55.3 Å². The van der Waals surface area contributed by atoms with Crippen LogP contribution in [0.5, 0.6) is 0 Å². The predicted molar refractivity (Wildman–Crippen MR) is 87.3 cm³/mol. The number of rotatable bonds is 3. The number of primary amides is 1. The highest BCUT2D eigenvalue weighted by Gasteiger charge is 2.14. The molecule has 21 heavy (non-hydrogen) atoms. The highest BCUT2D eigenvalue weighted by molar-refractivity contribution is 14.1. The van der Waals surface area contributed by atoms with Crippen LogP contribution in [0.1, 0.15) is 16.1 Å². The van der Waals surface area contributed by atoms with Crippen LogP contribution in [0.25, 0.3) is 0 Å². The second-order valence-corrected chi connectivity index (χ2v) is 5.79. The van der Waals surface area contributed by atoms with E-state index in [1.54, 1.807) is 19.1 Å². The van der Waals surface area contributed by atoms with Gasteiger partial charge in [-0.15, -0.1) is 0 Å². The van der Waals surface area contributed by atoms with E-state index in [-0.39, 0.29) is 16.9 Å². The monoisotopic (exact) mass is 401 g/mol. The van der Waals surface area contributed by atoms with E-state index in [0.29, 0.717) is 11.3 Å². The SMILES string of the molecule is Cc1c(Nc2ccc(I)cc2F)cc(C(N)=O)n(C)c1=O. The lowest BCUT2D eigenvalue weighted by Gasteiger charge is -2.14. The summed E-state index contributed by atoms with van der Waals surface area (Å²) in [7, 11) is 1.46. The molecule has 3 N–H and O–H groups in total. The van der Waals surface area contributed by atoms with Crippen molar-refractivity contribution in [2.24, 2.45) is 12.8 Å². The smallest absolute Gasteiger partial charge is 0.265 e. The van der Waals surface area contributed by atoms with Gasteiger partial charge in [-0.1, -0.05) is 0 Å². The summed E-state index contributed by atoms with van der Waals surface area (Å²) < 4.78 is 15.8. The third kappa shape index (κ3) is 3.07. The first-order valence-electron chi connectivity index (χ1n) is 6.03. The van der Waals surface area contributed by atoms with Gasteiger partial charge in [-0.05, 0) is 53.8 Å². The third-order valence-electron chi connectivity index (χ3n) is 3.12. The first-order chi connectivity index (χ1) is 9.81. The summed E-state index contributed by atoms with van der Waals surface area (Å²) in [6.45, 7) is 1.60. The molecule has 1 heterocycles. The predicted octanol–water partition coefficient (Wildman–Crippen LogP) is 2.28. The van der Waals surface area contributed by atoms with Crippen LogP contribution in [0.4, 0.5) is 15.8 Å². The molecule has 0 bridgehead atoms. The van der Waals surface area contributed by atoms with Gasteiger partial charge in [0.2, 0.25) is 0 Å². The van der Waals surface area contributed by atoms with Crippen LogP contribution in [0.15, 0.2) is 29.1 Å². The third-order valence-corrected chi connectivity index (χ3v) is 3.80. The molecule has 0 fully saturated rings. The second kappa shape index (κ2) is 5.84. The van der Waals surface area contributed by atoms with Crippen molar-refractivity contribution in [1.82, 2.24) is 4.57 Å². The van der Waals surface area contributed by atoms with Crippen molar-refractivity contribution in [2.75, 3.05) is 5.32 Å². The summed E-state index contributed by atoms with van der Waals surface area (Å²) in [6.07, 6.45) is 0. The molecule has 0 saturated carbocycles. The number of amides is 1. The molecule has 2 rings (SSSR count). The summed E-state index contributed by atoms with van der Waals surface area (Å²) in [5.41, 5.74) is 5.89. The topological polar surface area (TPSA) is 77.1 Å². The Hall–Kier alpha value is -1.90. The molecule has 0 atom stereocenters. The first-order valence-corrected chi connectivity index (χ1v) is 7.11. The standard InChI is InChI=1S/C14H13FIN3O2/c1-7-11(6-12(13(17)20)19(2)14(7)21)18-10-4-3-8(16)5-9(10)15/h3-6,18H,1-2H3,(H2,17,20). The Kier molecular flexibility index (Phi) is 4.31. The van der Waals surface area contributed by atoms with E-state index in [1.165, 1.54) is 23.7 Å². The molecule has 0 spiro atoms. The Morgan fingerprint density at radius 2 is 2.00 bits per heavy atom. The number of pyridine rings is 1. The van der Waals surface area contributed by atoms with E-state index >= 15 is 0 Å². The quantitative estimate of drug-likeness (QED) is 0.775. The van der Waals surface area contributed by atoms with Crippen LogP contribution in [0.2, 0.25) is 0 Å². The molecule has 1 amide bonds. The first kappa shape index (κ1) is 15.5. The lowest BCUT2D eigenvalue weighted by Crippen LogP contribution is -2.28. The number of hydrogen-bond acceptors (Lipinski definition) is 3. The highest BCUT2D eigenvalue weighted by Crippen LogP contribution is 2.23. The molecule has 0 aliphatic carbocycles. The van der Waals surface area contributed by atoms with Crippen LogP contribution >= 0.6 is 22.6 Å². The normalized spacial score (nSPS) is 10.5. The summed E-state index contributed by atoms with van der Waals surface area (Å²) in [5.74, 6) is -1.16.